The van der Waals surface area contributed by atoms with Gasteiger partial charge in [-0.15, -0.1) is 0 Å². The highest BCUT2D eigenvalue weighted by Crippen LogP contribution is 2.68. The van der Waals surface area contributed by atoms with E-state index in [2.05, 4.69) is 26.1 Å². The second-order valence-electron chi connectivity index (χ2n) is 14.2. The van der Waals surface area contributed by atoms with E-state index in [9.17, 15) is 24.6 Å². The van der Waals surface area contributed by atoms with Crippen molar-refractivity contribution in [3.8, 4) is 0 Å². The van der Waals surface area contributed by atoms with Gasteiger partial charge in [-0.3, -0.25) is 14.4 Å². The third-order valence-corrected chi connectivity index (χ3v) is 12.3. The first-order valence-electron chi connectivity index (χ1n) is 15.9. The van der Waals surface area contributed by atoms with Crippen molar-refractivity contribution in [2.75, 3.05) is 6.54 Å². The number of nitrogens with one attached hydrogen (secondary N) is 1. The number of rotatable bonds is 10. The summed E-state index contributed by atoms with van der Waals surface area (Å²) in [6.07, 6.45) is 6.79. The van der Waals surface area contributed by atoms with Crippen LogP contribution in [0.4, 0.5) is 0 Å². The molecule has 4 N–H and O–H groups in total. The van der Waals surface area contributed by atoms with Crippen LogP contribution in [-0.2, 0) is 19.1 Å². The third-order valence-electron chi connectivity index (χ3n) is 12.3. The molecule has 0 saturated heterocycles. The predicted molar refractivity (Wildman–Crippen MR) is 151 cm³/mol. The summed E-state index contributed by atoms with van der Waals surface area (Å²) in [5, 5.41) is 34.9. The van der Waals surface area contributed by atoms with Crippen LogP contribution in [-0.4, -0.2) is 58.0 Å². The molecule has 0 aromatic carbocycles. The van der Waals surface area contributed by atoms with Gasteiger partial charge in [0.2, 0.25) is 5.91 Å². The summed E-state index contributed by atoms with van der Waals surface area (Å²) < 4.78 is 5.90. The maximum Gasteiger partial charge on any atom is 0.308 e. The van der Waals surface area contributed by atoms with E-state index in [1.165, 1.54) is 0 Å². The Bertz CT molecular complexity index is 940. The van der Waals surface area contributed by atoms with Gasteiger partial charge in [0, 0.05) is 13.0 Å². The minimum absolute atomic E-state index is 0.0171. The molecular weight excluding hydrogens is 510 g/mol. The van der Waals surface area contributed by atoms with Crippen molar-refractivity contribution in [3.63, 3.8) is 0 Å². The monoisotopic (exact) mass is 563 g/mol. The van der Waals surface area contributed by atoms with Gasteiger partial charge >= 0.3 is 11.9 Å². The number of hydrogen-bond acceptors (Lipinski definition) is 6. The van der Waals surface area contributed by atoms with Crippen molar-refractivity contribution in [2.24, 2.45) is 52.3 Å². The van der Waals surface area contributed by atoms with Crippen molar-refractivity contribution in [1.29, 1.82) is 0 Å². The third kappa shape index (κ3) is 5.81. The Kier molecular flexibility index (Phi) is 9.60. The lowest BCUT2D eigenvalue weighted by atomic mass is 9.43. The molecule has 0 heterocycles. The Labute approximate surface area is 240 Å². The second-order valence-corrected chi connectivity index (χ2v) is 14.2. The van der Waals surface area contributed by atoms with Gasteiger partial charge in [-0.05, 0) is 104 Å². The SMILES string of the molecule is CCC(C)C(=O)OC1CCC2(C)C(C1)CC(O)C1C2CC(O)C2(C)C(C(C)CCC(=O)NCCC(=O)O)CCC12. The number of aliphatic hydroxyl groups is 2. The molecule has 4 aliphatic rings. The second kappa shape index (κ2) is 12.3. The fourth-order valence-corrected chi connectivity index (χ4v) is 9.63. The first-order chi connectivity index (χ1) is 18.8. The number of amides is 1. The van der Waals surface area contributed by atoms with Gasteiger partial charge in [-0.2, -0.15) is 0 Å². The first-order valence-corrected chi connectivity index (χ1v) is 15.9. The number of aliphatic carboxylic acids is 1. The molecule has 40 heavy (non-hydrogen) atoms. The molecule has 0 aliphatic heterocycles. The Balaban J connectivity index is 1.42. The topological polar surface area (TPSA) is 133 Å². The number of carboxylic acid groups (broad SMARTS) is 1. The quantitative estimate of drug-likeness (QED) is 0.287. The Morgan fingerprint density at radius 1 is 1.00 bits per heavy atom. The zero-order chi connectivity index (χ0) is 29.4. The van der Waals surface area contributed by atoms with Crippen LogP contribution in [0.1, 0.15) is 105 Å². The summed E-state index contributed by atoms with van der Waals surface area (Å²) >= 11 is 0. The van der Waals surface area contributed by atoms with Crippen molar-refractivity contribution in [3.05, 3.63) is 0 Å². The minimum Gasteiger partial charge on any atom is -0.481 e. The minimum atomic E-state index is -0.925. The van der Waals surface area contributed by atoms with E-state index in [0.717, 1.165) is 44.9 Å². The normalized spacial score (nSPS) is 42.1. The van der Waals surface area contributed by atoms with E-state index in [1.807, 2.05) is 13.8 Å². The zero-order valence-corrected chi connectivity index (χ0v) is 25.2. The van der Waals surface area contributed by atoms with E-state index >= 15 is 0 Å². The molecule has 4 aliphatic carbocycles. The lowest BCUT2D eigenvalue weighted by Gasteiger charge is -2.63. The van der Waals surface area contributed by atoms with E-state index in [0.29, 0.717) is 19.3 Å². The summed E-state index contributed by atoms with van der Waals surface area (Å²) in [5.41, 5.74) is -0.281. The van der Waals surface area contributed by atoms with Gasteiger partial charge in [0.15, 0.2) is 0 Å². The lowest BCUT2D eigenvalue weighted by Crippen LogP contribution is -2.62. The highest BCUT2D eigenvalue weighted by Gasteiger charge is 2.65. The van der Waals surface area contributed by atoms with Gasteiger partial charge in [-0.25, -0.2) is 0 Å². The molecule has 4 saturated carbocycles. The molecule has 0 radical (unpaired) electrons. The number of carboxylic acids is 1. The van der Waals surface area contributed by atoms with Gasteiger partial charge in [-0.1, -0.05) is 34.6 Å². The van der Waals surface area contributed by atoms with Crippen LogP contribution in [0.2, 0.25) is 0 Å². The highest BCUT2D eigenvalue weighted by atomic mass is 16.5. The van der Waals surface area contributed by atoms with Crippen LogP contribution in [0.15, 0.2) is 0 Å². The molecule has 8 heteroatoms. The predicted octanol–water partition coefficient (Wildman–Crippen LogP) is 4.55. The summed E-state index contributed by atoms with van der Waals surface area (Å²) in [5.74, 6) is 0.185. The van der Waals surface area contributed by atoms with E-state index < -0.39 is 18.2 Å². The summed E-state index contributed by atoms with van der Waals surface area (Å²) in [4.78, 5) is 35.5. The number of aliphatic hydroxyl groups excluding tert-OH is 2. The van der Waals surface area contributed by atoms with Crippen LogP contribution in [0.3, 0.4) is 0 Å². The molecular formula is C32H53NO7. The fraction of sp³-hybridized carbons (Fsp3) is 0.906. The maximum atomic E-state index is 12.5. The number of esters is 1. The van der Waals surface area contributed by atoms with E-state index in [4.69, 9.17) is 9.84 Å². The van der Waals surface area contributed by atoms with Crippen molar-refractivity contribution >= 4 is 17.8 Å². The smallest absolute Gasteiger partial charge is 0.308 e. The van der Waals surface area contributed by atoms with Gasteiger partial charge in [0.25, 0.3) is 0 Å². The zero-order valence-electron chi connectivity index (χ0n) is 25.2. The van der Waals surface area contributed by atoms with Crippen LogP contribution in [0, 0.1) is 52.3 Å². The van der Waals surface area contributed by atoms with Crippen LogP contribution < -0.4 is 5.32 Å². The van der Waals surface area contributed by atoms with Crippen LogP contribution in [0.5, 0.6) is 0 Å². The summed E-state index contributed by atoms with van der Waals surface area (Å²) in [7, 11) is 0. The standard InChI is InChI=1S/C32H53NO7/c1-6-18(2)30(39)40-21-11-13-31(4)20(15-21)16-25(34)29-23-9-8-22(32(23,5)26(35)17-24(29)31)19(3)7-10-27(36)33-14-12-28(37)38/h18-26,29,34-35H,6-17H2,1-5H3,(H,33,36)(H,37,38). The summed E-state index contributed by atoms with van der Waals surface area (Å²) in [6, 6.07) is 0. The maximum absolute atomic E-state index is 12.5. The largest absolute Gasteiger partial charge is 0.481 e. The Hall–Kier alpha value is -1.67. The number of fused-ring (bicyclic) bond motifs is 5. The van der Waals surface area contributed by atoms with Crippen molar-refractivity contribution in [2.45, 2.75) is 124 Å². The lowest BCUT2D eigenvalue weighted by molar-refractivity contribution is -0.210. The molecule has 12 unspecified atom stereocenters. The highest BCUT2D eigenvalue weighted by molar-refractivity contribution is 5.76. The summed E-state index contributed by atoms with van der Waals surface area (Å²) in [6.45, 7) is 10.8. The van der Waals surface area contributed by atoms with Crippen molar-refractivity contribution < 1.29 is 34.4 Å². The molecule has 0 spiro atoms. The van der Waals surface area contributed by atoms with Crippen LogP contribution in [0.25, 0.3) is 0 Å². The molecule has 0 bridgehead atoms. The van der Waals surface area contributed by atoms with Gasteiger partial charge < -0.3 is 25.4 Å². The number of carbonyl (C=O) groups excluding carboxylic acids is 2. The molecule has 1 amide bonds. The molecule has 228 valence electrons. The number of hydrogen-bond donors (Lipinski definition) is 4. The molecule has 8 nitrogen and oxygen atoms in total. The Morgan fingerprint density at radius 2 is 1.73 bits per heavy atom. The number of carbonyl (C=O) groups is 3. The van der Waals surface area contributed by atoms with Crippen molar-refractivity contribution in [1.82, 2.24) is 5.32 Å². The van der Waals surface area contributed by atoms with E-state index in [1.54, 1.807) is 0 Å². The fourth-order valence-electron chi connectivity index (χ4n) is 9.63. The van der Waals surface area contributed by atoms with Gasteiger partial charge in [0.1, 0.15) is 6.10 Å². The average Bonchev–Trinajstić information content (AvgIpc) is 3.26. The molecule has 0 aromatic heterocycles. The van der Waals surface area contributed by atoms with Crippen LogP contribution >= 0.6 is 0 Å². The average molecular weight is 564 g/mol. The van der Waals surface area contributed by atoms with E-state index in [-0.39, 0.29) is 83.2 Å². The molecule has 12 atom stereocenters. The number of ether oxygens (including phenoxy) is 1. The molecule has 4 fully saturated rings. The molecule has 4 rings (SSSR count). The van der Waals surface area contributed by atoms with Gasteiger partial charge in [0.05, 0.1) is 24.5 Å². The molecule has 0 aromatic rings. The first kappa shape index (κ1) is 31.3. The Morgan fingerprint density at radius 3 is 2.40 bits per heavy atom.